The summed E-state index contributed by atoms with van der Waals surface area (Å²) in [6.07, 6.45) is 1.45. The van der Waals surface area contributed by atoms with Gasteiger partial charge in [0.25, 0.3) is 0 Å². The molecule has 0 amide bonds. The molecule has 1 aromatic carbocycles. The summed E-state index contributed by atoms with van der Waals surface area (Å²) in [6.45, 7) is 0. The van der Waals surface area contributed by atoms with E-state index in [9.17, 15) is 0 Å². The lowest BCUT2D eigenvalue weighted by molar-refractivity contribution is 0.955. The van der Waals surface area contributed by atoms with E-state index < -0.39 is 0 Å². The molecule has 0 aliphatic rings. The molecule has 2 aromatic heterocycles. The fourth-order valence-electron chi connectivity index (χ4n) is 1.61. The minimum absolute atomic E-state index is 0.177. The van der Waals surface area contributed by atoms with Gasteiger partial charge in [0.1, 0.15) is 12.2 Å². The summed E-state index contributed by atoms with van der Waals surface area (Å²) >= 11 is 1.44. The maximum atomic E-state index is 5.71. The number of hydrogen-bond acceptors (Lipinski definition) is 8. The van der Waals surface area contributed by atoms with E-state index >= 15 is 0 Å². The number of nitrogens with one attached hydrogen (secondary N) is 2. The van der Waals surface area contributed by atoms with Crippen LogP contribution in [0.2, 0.25) is 0 Å². The smallest absolute Gasteiger partial charge is 0.232 e. The molecule has 21 heavy (non-hydrogen) atoms. The standard InChI is InChI=1S/C12H12N8S/c13-10-17-9(6-21-12-14-7-15-20-12)18-11(19-10)16-8-4-2-1-3-5-8/h1-5,7H,6H2,(H,14,15,20)(H3,13,16,17,18,19). The minimum atomic E-state index is 0.177. The zero-order chi connectivity index (χ0) is 14.5. The average molecular weight is 300 g/mol. The summed E-state index contributed by atoms with van der Waals surface area (Å²) in [5.41, 5.74) is 6.60. The van der Waals surface area contributed by atoms with Crippen LogP contribution in [0.15, 0.2) is 41.8 Å². The molecular formula is C12H12N8S. The van der Waals surface area contributed by atoms with E-state index in [1.807, 2.05) is 30.3 Å². The maximum Gasteiger partial charge on any atom is 0.232 e. The Morgan fingerprint density at radius 2 is 2.00 bits per heavy atom. The summed E-state index contributed by atoms with van der Waals surface area (Å²) in [6, 6.07) is 9.62. The fourth-order valence-corrected chi connectivity index (χ4v) is 2.24. The normalized spacial score (nSPS) is 10.5. The molecule has 0 aliphatic heterocycles. The number of benzene rings is 1. The van der Waals surface area contributed by atoms with E-state index in [1.165, 1.54) is 18.1 Å². The molecule has 0 aliphatic carbocycles. The molecule has 0 atom stereocenters. The van der Waals surface area contributed by atoms with Crippen LogP contribution in [0.3, 0.4) is 0 Å². The van der Waals surface area contributed by atoms with E-state index in [2.05, 4.69) is 35.5 Å². The van der Waals surface area contributed by atoms with Crippen molar-refractivity contribution in [1.82, 2.24) is 30.1 Å². The molecule has 0 saturated carbocycles. The number of para-hydroxylation sites is 1. The summed E-state index contributed by atoms with van der Waals surface area (Å²) in [5, 5.41) is 10.3. The van der Waals surface area contributed by atoms with Crippen LogP contribution in [0.4, 0.5) is 17.6 Å². The molecule has 9 heteroatoms. The van der Waals surface area contributed by atoms with Gasteiger partial charge in [0.2, 0.25) is 11.9 Å². The Bertz CT molecular complexity index is 701. The molecule has 0 spiro atoms. The summed E-state index contributed by atoms with van der Waals surface area (Å²) < 4.78 is 0. The number of nitrogen functional groups attached to an aromatic ring is 1. The lowest BCUT2D eigenvalue weighted by Crippen LogP contribution is -2.06. The summed E-state index contributed by atoms with van der Waals surface area (Å²) in [7, 11) is 0. The van der Waals surface area contributed by atoms with Gasteiger partial charge in [0.15, 0.2) is 5.16 Å². The first-order valence-corrected chi connectivity index (χ1v) is 7.09. The third-order valence-corrected chi connectivity index (χ3v) is 3.33. The number of H-pyrrole nitrogens is 1. The summed E-state index contributed by atoms with van der Waals surface area (Å²) in [4.78, 5) is 16.5. The number of anilines is 3. The minimum Gasteiger partial charge on any atom is -0.368 e. The van der Waals surface area contributed by atoms with Crippen molar-refractivity contribution in [3.8, 4) is 0 Å². The molecule has 0 fully saturated rings. The number of thioether (sulfide) groups is 1. The Balaban J connectivity index is 1.73. The SMILES string of the molecule is Nc1nc(CSc2ncn[nH]2)nc(Nc2ccccc2)n1. The Morgan fingerprint density at radius 1 is 1.14 bits per heavy atom. The van der Waals surface area contributed by atoms with Crippen molar-refractivity contribution >= 4 is 29.3 Å². The van der Waals surface area contributed by atoms with Crippen molar-refractivity contribution in [2.75, 3.05) is 11.1 Å². The van der Waals surface area contributed by atoms with Gasteiger partial charge in [-0.2, -0.15) is 20.1 Å². The highest BCUT2D eigenvalue weighted by molar-refractivity contribution is 7.98. The lowest BCUT2D eigenvalue weighted by Gasteiger charge is -2.06. The topological polar surface area (TPSA) is 118 Å². The second-order valence-electron chi connectivity index (χ2n) is 4.00. The third-order valence-electron chi connectivity index (χ3n) is 2.46. The third kappa shape index (κ3) is 3.66. The van der Waals surface area contributed by atoms with Crippen LogP contribution in [-0.4, -0.2) is 30.1 Å². The molecular weight excluding hydrogens is 288 g/mol. The molecule has 0 unspecified atom stereocenters. The van der Waals surface area contributed by atoms with Gasteiger partial charge in [0, 0.05) is 5.69 Å². The Kier molecular flexibility index (Phi) is 3.92. The second kappa shape index (κ2) is 6.18. The predicted molar refractivity (Wildman–Crippen MR) is 79.9 cm³/mol. The van der Waals surface area contributed by atoms with Gasteiger partial charge >= 0.3 is 0 Å². The van der Waals surface area contributed by atoms with Crippen LogP contribution < -0.4 is 11.1 Å². The van der Waals surface area contributed by atoms with Gasteiger partial charge < -0.3 is 11.1 Å². The molecule has 3 rings (SSSR count). The second-order valence-corrected chi connectivity index (χ2v) is 4.97. The molecule has 0 bridgehead atoms. The van der Waals surface area contributed by atoms with Crippen LogP contribution in [-0.2, 0) is 5.75 Å². The van der Waals surface area contributed by atoms with E-state index in [0.29, 0.717) is 22.7 Å². The number of aromatic amines is 1. The van der Waals surface area contributed by atoms with Crippen molar-refractivity contribution in [3.05, 3.63) is 42.5 Å². The summed E-state index contributed by atoms with van der Waals surface area (Å²) in [5.74, 6) is 1.69. The first kappa shape index (κ1) is 13.3. The molecule has 3 aromatic rings. The molecule has 0 radical (unpaired) electrons. The van der Waals surface area contributed by atoms with E-state index in [-0.39, 0.29) is 5.95 Å². The van der Waals surface area contributed by atoms with Crippen molar-refractivity contribution in [2.45, 2.75) is 10.9 Å². The highest BCUT2D eigenvalue weighted by Crippen LogP contribution is 2.18. The highest BCUT2D eigenvalue weighted by Gasteiger charge is 2.06. The number of rotatable bonds is 5. The van der Waals surface area contributed by atoms with Gasteiger partial charge in [-0.05, 0) is 12.1 Å². The van der Waals surface area contributed by atoms with Crippen LogP contribution in [0.25, 0.3) is 0 Å². The van der Waals surface area contributed by atoms with Crippen LogP contribution >= 0.6 is 11.8 Å². The van der Waals surface area contributed by atoms with Crippen molar-refractivity contribution in [3.63, 3.8) is 0 Å². The molecule has 0 saturated heterocycles. The van der Waals surface area contributed by atoms with Gasteiger partial charge in [-0.25, -0.2) is 4.98 Å². The largest absolute Gasteiger partial charge is 0.368 e. The quantitative estimate of drug-likeness (QED) is 0.608. The number of aromatic nitrogens is 6. The van der Waals surface area contributed by atoms with Crippen molar-refractivity contribution in [1.29, 1.82) is 0 Å². The van der Waals surface area contributed by atoms with Crippen LogP contribution in [0.1, 0.15) is 5.82 Å². The molecule has 8 nitrogen and oxygen atoms in total. The van der Waals surface area contributed by atoms with Gasteiger partial charge in [-0.3, -0.25) is 5.10 Å². The first-order valence-electron chi connectivity index (χ1n) is 6.10. The highest BCUT2D eigenvalue weighted by atomic mass is 32.2. The maximum absolute atomic E-state index is 5.71. The molecule has 106 valence electrons. The van der Waals surface area contributed by atoms with Crippen LogP contribution in [0, 0.1) is 0 Å². The van der Waals surface area contributed by atoms with Crippen molar-refractivity contribution < 1.29 is 0 Å². The van der Waals surface area contributed by atoms with Gasteiger partial charge in [0.05, 0.1) is 5.75 Å². The molecule has 2 heterocycles. The number of hydrogen-bond donors (Lipinski definition) is 3. The van der Waals surface area contributed by atoms with Gasteiger partial charge in [-0.15, -0.1) is 0 Å². The zero-order valence-electron chi connectivity index (χ0n) is 10.9. The number of nitrogens with two attached hydrogens (primary N) is 1. The lowest BCUT2D eigenvalue weighted by atomic mass is 10.3. The first-order chi connectivity index (χ1) is 10.3. The van der Waals surface area contributed by atoms with E-state index in [0.717, 1.165) is 5.69 Å². The van der Waals surface area contributed by atoms with Crippen LogP contribution in [0.5, 0.6) is 0 Å². The Labute approximate surface area is 124 Å². The number of nitrogens with zero attached hydrogens (tertiary/aromatic N) is 5. The monoisotopic (exact) mass is 300 g/mol. The molecule has 4 N–H and O–H groups in total. The zero-order valence-corrected chi connectivity index (χ0v) is 11.7. The van der Waals surface area contributed by atoms with Crippen molar-refractivity contribution in [2.24, 2.45) is 0 Å². The predicted octanol–water partition coefficient (Wildman–Crippen LogP) is 1.61. The van der Waals surface area contributed by atoms with E-state index in [4.69, 9.17) is 5.73 Å². The van der Waals surface area contributed by atoms with E-state index in [1.54, 1.807) is 0 Å². The Hall–Kier alpha value is -2.68. The fraction of sp³-hybridized carbons (Fsp3) is 0.0833. The Morgan fingerprint density at radius 3 is 2.76 bits per heavy atom. The van der Waals surface area contributed by atoms with Gasteiger partial charge in [-0.1, -0.05) is 30.0 Å². The average Bonchev–Trinajstić information content (AvgIpc) is 2.99.